The largest absolute Gasteiger partial charge is 0.474 e. The van der Waals surface area contributed by atoms with E-state index in [4.69, 9.17) is 4.74 Å². The molecule has 0 aliphatic heterocycles. The molecular weight excluding hydrogens is 200 g/mol. The Morgan fingerprint density at radius 3 is 2.50 bits per heavy atom. The first-order valence-corrected chi connectivity index (χ1v) is 5.82. The molecule has 1 aromatic heterocycles. The smallest absolute Gasteiger partial charge is 0.213 e. The summed E-state index contributed by atoms with van der Waals surface area (Å²) >= 11 is 0. The maximum atomic E-state index is 5.76. The van der Waals surface area contributed by atoms with E-state index in [1.807, 2.05) is 20.0 Å². The molecule has 0 spiro atoms. The lowest BCUT2D eigenvalue weighted by Crippen LogP contribution is -2.19. The third-order valence-corrected chi connectivity index (χ3v) is 2.78. The number of hydrogen-bond acceptors (Lipinski definition) is 3. The quantitative estimate of drug-likeness (QED) is 0.831. The first kappa shape index (κ1) is 13.0. The van der Waals surface area contributed by atoms with Crippen LogP contribution in [-0.4, -0.2) is 18.1 Å². The lowest BCUT2D eigenvalue weighted by atomic mass is 10.1. The highest BCUT2D eigenvalue weighted by Crippen LogP contribution is 2.16. The molecule has 0 aliphatic carbocycles. The Hall–Kier alpha value is -1.09. The Bertz CT molecular complexity index is 337. The Morgan fingerprint density at radius 1 is 1.31 bits per heavy atom. The summed E-state index contributed by atoms with van der Waals surface area (Å²) in [5, 5.41) is 3.12. The highest BCUT2D eigenvalue weighted by Gasteiger charge is 2.10. The van der Waals surface area contributed by atoms with Gasteiger partial charge in [-0.15, -0.1) is 0 Å². The van der Waals surface area contributed by atoms with E-state index in [1.165, 1.54) is 5.56 Å². The van der Waals surface area contributed by atoms with Gasteiger partial charge in [0.2, 0.25) is 5.88 Å². The van der Waals surface area contributed by atoms with Gasteiger partial charge in [0, 0.05) is 18.3 Å². The maximum absolute atomic E-state index is 5.76. The van der Waals surface area contributed by atoms with Crippen LogP contribution in [0.2, 0.25) is 0 Å². The second-order valence-corrected chi connectivity index (χ2v) is 4.49. The van der Waals surface area contributed by atoms with E-state index in [2.05, 4.69) is 37.1 Å². The van der Waals surface area contributed by atoms with E-state index < -0.39 is 0 Å². The van der Waals surface area contributed by atoms with Crippen molar-refractivity contribution < 1.29 is 4.74 Å². The third-order valence-electron chi connectivity index (χ3n) is 2.78. The van der Waals surface area contributed by atoms with Gasteiger partial charge in [-0.2, -0.15) is 0 Å². The van der Waals surface area contributed by atoms with Gasteiger partial charge in [0.05, 0.1) is 6.10 Å². The lowest BCUT2D eigenvalue weighted by Gasteiger charge is -2.18. The van der Waals surface area contributed by atoms with Gasteiger partial charge in [-0.05, 0) is 32.4 Å². The van der Waals surface area contributed by atoms with E-state index in [9.17, 15) is 0 Å². The molecule has 1 rings (SSSR count). The van der Waals surface area contributed by atoms with Crippen LogP contribution in [0.4, 0.5) is 0 Å². The van der Waals surface area contributed by atoms with Gasteiger partial charge in [0.1, 0.15) is 0 Å². The summed E-state index contributed by atoms with van der Waals surface area (Å²) in [6, 6.07) is 4.01. The summed E-state index contributed by atoms with van der Waals surface area (Å²) in [4.78, 5) is 4.45. The summed E-state index contributed by atoms with van der Waals surface area (Å²) in [5.74, 6) is 1.22. The molecule has 1 aromatic rings. The van der Waals surface area contributed by atoms with Crippen molar-refractivity contribution in [2.24, 2.45) is 5.92 Å². The molecule has 1 N–H and O–H groups in total. The minimum absolute atomic E-state index is 0.196. The van der Waals surface area contributed by atoms with Crippen LogP contribution < -0.4 is 10.1 Å². The monoisotopic (exact) mass is 222 g/mol. The zero-order valence-electron chi connectivity index (χ0n) is 10.9. The number of rotatable bonds is 5. The maximum Gasteiger partial charge on any atom is 0.213 e. The van der Waals surface area contributed by atoms with Crippen LogP contribution >= 0.6 is 0 Å². The topological polar surface area (TPSA) is 34.1 Å². The molecule has 0 radical (unpaired) electrons. The fourth-order valence-corrected chi connectivity index (χ4v) is 1.34. The Labute approximate surface area is 98.2 Å². The highest BCUT2D eigenvalue weighted by atomic mass is 16.5. The predicted molar refractivity (Wildman–Crippen MR) is 66.7 cm³/mol. The summed E-state index contributed by atoms with van der Waals surface area (Å²) in [6.07, 6.45) is 0.196. The summed E-state index contributed by atoms with van der Waals surface area (Å²) < 4.78 is 5.76. The number of ether oxygens (including phenoxy) is 1. The normalized spacial score (nSPS) is 12.9. The standard InChI is InChI=1S/C13H22N2O/c1-9(2)11(4)16-13-7-6-12(8-14-5)10(3)15-13/h6-7,9,11,14H,8H2,1-5H3. The molecule has 3 heteroatoms. The van der Waals surface area contributed by atoms with Crippen molar-refractivity contribution in [2.75, 3.05) is 7.05 Å². The molecule has 0 amide bonds. The number of aromatic nitrogens is 1. The highest BCUT2D eigenvalue weighted by molar-refractivity contribution is 5.24. The summed E-state index contributed by atoms with van der Waals surface area (Å²) in [5.41, 5.74) is 2.25. The zero-order valence-corrected chi connectivity index (χ0v) is 10.9. The average molecular weight is 222 g/mol. The molecule has 3 nitrogen and oxygen atoms in total. The van der Waals surface area contributed by atoms with Crippen molar-refractivity contribution in [3.05, 3.63) is 23.4 Å². The molecule has 0 saturated carbocycles. The Kier molecular flexibility index (Phi) is 4.74. The van der Waals surface area contributed by atoms with E-state index in [0.29, 0.717) is 5.92 Å². The van der Waals surface area contributed by atoms with E-state index >= 15 is 0 Å². The van der Waals surface area contributed by atoms with Crippen LogP contribution in [0.3, 0.4) is 0 Å². The molecular formula is C13H22N2O. The van der Waals surface area contributed by atoms with Gasteiger partial charge in [-0.1, -0.05) is 19.9 Å². The Morgan fingerprint density at radius 2 is 2.00 bits per heavy atom. The van der Waals surface area contributed by atoms with Gasteiger partial charge in [-0.3, -0.25) is 0 Å². The van der Waals surface area contributed by atoms with Crippen LogP contribution in [0.25, 0.3) is 0 Å². The number of nitrogens with zero attached hydrogens (tertiary/aromatic N) is 1. The van der Waals surface area contributed by atoms with Crippen molar-refractivity contribution in [1.82, 2.24) is 10.3 Å². The summed E-state index contributed by atoms with van der Waals surface area (Å²) in [7, 11) is 1.94. The van der Waals surface area contributed by atoms with Crippen LogP contribution in [0, 0.1) is 12.8 Å². The number of aryl methyl sites for hydroxylation is 1. The van der Waals surface area contributed by atoms with E-state index in [0.717, 1.165) is 18.1 Å². The first-order chi connectivity index (χ1) is 7.54. The molecule has 0 saturated heterocycles. The minimum Gasteiger partial charge on any atom is -0.474 e. The number of pyridine rings is 1. The molecule has 0 bridgehead atoms. The summed E-state index contributed by atoms with van der Waals surface area (Å²) in [6.45, 7) is 9.22. The minimum atomic E-state index is 0.196. The molecule has 1 unspecified atom stereocenters. The SMILES string of the molecule is CNCc1ccc(OC(C)C(C)C)nc1C. The van der Waals surface area contributed by atoms with Gasteiger partial charge in [0.25, 0.3) is 0 Å². The molecule has 0 aliphatic rings. The number of hydrogen-bond donors (Lipinski definition) is 1. The van der Waals surface area contributed by atoms with Crippen LogP contribution in [0.1, 0.15) is 32.0 Å². The van der Waals surface area contributed by atoms with Crippen molar-refractivity contribution in [3.63, 3.8) is 0 Å². The second-order valence-electron chi connectivity index (χ2n) is 4.49. The van der Waals surface area contributed by atoms with Crippen LogP contribution in [0.15, 0.2) is 12.1 Å². The van der Waals surface area contributed by atoms with Crippen molar-refractivity contribution >= 4 is 0 Å². The third kappa shape index (κ3) is 3.49. The number of nitrogens with one attached hydrogen (secondary N) is 1. The fourth-order valence-electron chi connectivity index (χ4n) is 1.34. The molecule has 0 fully saturated rings. The van der Waals surface area contributed by atoms with Gasteiger partial charge < -0.3 is 10.1 Å². The second kappa shape index (κ2) is 5.85. The van der Waals surface area contributed by atoms with Gasteiger partial charge in [-0.25, -0.2) is 4.98 Å². The lowest BCUT2D eigenvalue weighted by molar-refractivity contribution is 0.163. The van der Waals surface area contributed by atoms with Crippen LogP contribution in [-0.2, 0) is 6.54 Å². The molecule has 1 atom stereocenters. The van der Waals surface area contributed by atoms with Gasteiger partial charge in [0.15, 0.2) is 0 Å². The van der Waals surface area contributed by atoms with E-state index in [-0.39, 0.29) is 6.10 Å². The van der Waals surface area contributed by atoms with Gasteiger partial charge >= 0.3 is 0 Å². The molecule has 16 heavy (non-hydrogen) atoms. The molecule has 1 heterocycles. The van der Waals surface area contributed by atoms with Crippen molar-refractivity contribution in [3.8, 4) is 5.88 Å². The first-order valence-electron chi connectivity index (χ1n) is 5.82. The van der Waals surface area contributed by atoms with Crippen molar-refractivity contribution in [2.45, 2.75) is 40.3 Å². The average Bonchev–Trinajstić information content (AvgIpc) is 2.22. The molecule has 90 valence electrons. The fraction of sp³-hybridized carbons (Fsp3) is 0.615. The van der Waals surface area contributed by atoms with Crippen LogP contribution in [0.5, 0.6) is 5.88 Å². The van der Waals surface area contributed by atoms with E-state index in [1.54, 1.807) is 0 Å². The predicted octanol–water partition coefficient (Wildman–Crippen LogP) is 2.53. The zero-order chi connectivity index (χ0) is 12.1. The van der Waals surface area contributed by atoms with Crippen molar-refractivity contribution in [1.29, 1.82) is 0 Å². The Balaban J connectivity index is 2.73. The molecule has 0 aromatic carbocycles.